The Labute approximate surface area is 136 Å². The largest absolute Gasteiger partial charge is 0.286 e. The van der Waals surface area contributed by atoms with Crippen LogP contribution in [0.3, 0.4) is 0 Å². The lowest BCUT2D eigenvalue weighted by molar-refractivity contribution is 0.690. The smallest absolute Gasteiger partial charge is 0.0487 e. The van der Waals surface area contributed by atoms with Gasteiger partial charge >= 0.3 is 0 Å². The highest BCUT2D eigenvalue weighted by Crippen LogP contribution is 2.33. The van der Waals surface area contributed by atoms with E-state index >= 15 is 0 Å². The van der Waals surface area contributed by atoms with Crippen molar-refractivity contribution >= 4 is 21.5 Å². The van der Waals surface area contributed by atoms with Crippen LogP contribution in [0.4, 0.5) is 0 Å². The number of aromatic nitrogens is 2. The average molecular weight is 300 g/mol. The summed E-state index contributed by atoms with van der Waals surface area (Å²) in [5.41, 5.74) is 3.17. The molecule has 0 saturated heterocycles. The molecule has 2 heteroatoms. The van der Waals surface area contributed by atoms with Crippen molar-refractivity contribution in [2.45, 2.75) is 25.7 Å². The fourth-order valence-corrected chi connectivity index (χ4v) is 3.56. The van der Waals surface area contributed by atoms with E-state index in [1.807, 2.05) is 6.07 Å². The van der Waals surface area contributed by atoms with Gasteiger partial charge in [0.2, 0.25) is 0 Å². The fourth-order valence-electron chi connectivity index (χ4n) is 3.56. The number of hydrogen-bond acceptors (Lipinski definition) is 1. The summed E-state index contributed by atoms with van der Waals surface area (Å²) in [5, 5.41) is 11.9. The van der Waals surface area contributed by atoms with Gasteiger partial charge in [0.1, 0.15) is 0 Å². The van der Waals surface area contributed by atoms with Crippen molar-refractivity contribution in [2.75, 3.05) is 0 Å². The number of aromatic amines is 1. The van der Waals surface area contributed by atoms with Gasteiger partial charge in [0, 0.05) is 12.4 Å². The third-order valence-corrected chi connectivity index (χ3v) is 4.66. The topological polar surface area (TPSA) is 28.7 Å². The molecule has 1 aliphatic rings. The van der Waals surface area contributed by atoms with Crippen molar-refractivity contribution in [3.63, 3.8) is 0 Å². The van der Waals surface area contributed by atoms with Gasteiger partial charge in [-0.15, -0.1) is 0 Å². The van der Waals surface area contributed by atoms with E-state index in [1.165, 1.54) is 47.2 Å². The van der Waals surface area contributed by atoms with Gasteiger partial charge in [-0.1, -0.05) is 48.5 Å². The number of nitrogens with zero attached hydrogens (tertiary/aromatic N) is 1. The van der Waals surface area contributed by atoms with Crippen molar-refractivity contribution in [2.24, 2.45) is 0 Å². The predicted octanol–water partition coefficient (Wildman–Crippen LogP) is 5.28. The molecular formula is C21H20N2. The van der Waals surface area contributed by atoms with Crippen LogP contribution in [0.1, 0.15) is 24.0 Å². The molecule has 1 N–H and O–H groups in total. The Bertz CT molecular complexity index is 906. The van der Waals surface area contributed by atoms with Gasteiger partial charge in [0.25, 0.3) is 0 Å². The highest BCUT2D eigenvalue weighted by atomic mass is 15.1. The second-order valence-corrected chi connectivity index (χ2v) is 6.06. The molecule has 0 atom stereocenters. The molecule has 0 fully saturated rings. The minimum Gasteiger partial charge on any atom is -0.286 e. The van der Waals surface area contributed by atoms with Crippen LogP contribution >= 0.6 is 0 Å². The Morgan fingerprint density at radius 3 is 2.43 bits per heavy atom. The van der Waals surface area contributed by atoms with Gasteiger partial charge in [-0.3, -0.25) is 5.10 Å². The van der Waals surface area contributed by atoms with E-state index < -0.39 is 0 Å². The normalized spacial score (nSPS) is 13.4. The summed E-state index contributed by atoms with van der Waals surface area (Å²) < 4.78 is 0. The molecule has 5 rings (SSSR count). The lowest BCUT2D eigenvalue weighted by atomic mass is 9.86. The molecule has 0 unspecified atom stereocenters. The molecule has 4 aromatic rings. The van der Waals surface area contributed by atoms with E-state index in [0.29, 0.717) is 0 Å². The van der Waals surface area contributed by atoms with Crippen LogP contribution in [0, 0.1) is 0 Å². The standard InChI is InChI=1S/C18H16.C3H4N2/c1-3-7-15-13(5-1)9-11-18-16-8-4-2-6-14(16)10-12-17(15)18;1-2-4-5-3-1/h1,3,5,7,9-12H,2,4,6,8H2;1-3H,(H,4,5). The Morgan fingerprint density at radius 1 is 0.739 bits per heavy atom. The number of aryl methyl sites for hydroxylation is 2. The van der Waals surface area contributed by atoms with E-state index in [0.717, 1.165) is 0 Å². The Hall–Kier alpha value is -2.61. The summed E-state index contributed by atoms with van der Waals surface area (Å²) in [4.78, 5) is 0. The van der Waals surface area contributed by atoms with Gasteiger partial charge in [-0.25, -0.2) is 0 Å². The first kappa shape index (κ1) is 14.0. The van der Waals surface area contributed by atoms with Crippen LogP contribution < -0.4 is 0 Å². The minimum atomic E-state index is 1.25. The summed E-state index contributed by atoms with van der Waals surface area (Å²) in [5.74, 6) is 0. The third-order valence-electron chi connectivity index (χ3n) is 4.66. The third kappa shape index (κ3) is 2.72. The number of benzene rings is 3. The van der Waals surface area contributed by atoms with Crippen LogP contribution in [0.25, 0.3) is 21.5 Å². The zero-order valence-electron chi connectivity index (χ0n) is 13.1. The zero-order valence-corrected chi connectivity index (χ0v) is 13.1. The number of H-pyrrole nitrogens is 1. The molecule has 1 heterocycles. The maximum absolute atomic E-state index is 3.60. The quantitative estimate of drug-likeness (QED) is 0.440. The van der Waals surface area contributed by atoms with Gasteiger partial charge in [-0.2, -0.15) is 5.10 Å². The molecule has 1 aromatic heterocycles. The van der Waals surface area contributed by atoms with E-state index in [4.69, 9.17) is 0 Å². The van der Waals surface area contributed by atoms with E-state index in [1.54, 1.807) is 23.5 Å². The molecule has 0 saturated carbocycles. The molecular weight excluding hydrogens is 280 g/mol. The van der Waals surface area contributed by atoms with Crippen molar-refractivity contribution in [1.29, 1.82) is 0 Å². The van der Waals surface area contributed by atoms with Gasteiger partial charge < -0.3 is 0 Å². The molecule has 0 radical (unpaired) electrons. The van der Waals surface area contributed by atoms with Crippen LogP contribution in [0.2, 0.25) is 0 Å². The molecule has 1 aliphatic carbocycles. The highest BCUT2D eigenvalue weighted by molar-refractivity contribution is 6.08. The van der Waals surface area contributed by atoms with Crippen molar-refractivity contribution in [3.05, 3.63) is 78.1 Å². The number of rotatable bonds is 0. The Balaban J connectivity index is 0.000000233. The van der Waals surface area contributed by atoms with Crippen LogP contribution in [-0.4, -0.2) is 10.2 Å². The monoisotopic (exact) mass is 300 g/mol. The predicted molar refractivity (Wildman–Crippen MR) is 96.7 cm³/mol. The molecule has 2 nitrogen and oxygen atoms in total. The average Bonchev–Trinajstić information content (AvgIpc) is 3.21. The first-order valence-corrected chi connectivity index (χ1v) is 8.29. The molecule has 0 aliphatic heterocycles. The summed E-state index contributed by atoms with van der Waals surface area (Å²) >= 11 is 0. The maximum Gasteiger partial charge on any atom is 0.0487 e. The SMILES string of the molecule is c1ccc2c(c1)ccc1c3c(ccc12)CCCC3.c1cn[nH]c1. The van der Waals surface area contributed by atoms with E-state index in [2.05, 4.69) is 58.7 Å². The summed E-state index contributed by atoms with van der Waals surface area (Å²) in [6, 6.07) is 19.8. The number of nitrogens with one attached hydrogen (secondary N) is 1. The molecule has 0 amide bonds. The lowest BCUT2D eigenvalue weighted by Gasteiger charge is -2.18. The van der Waals surface area contributed by atoms with Gasteiger partial charge in [0.15, 0.2) is 0 Å². The molecule has 0 bridgehead atoms. The zero-order chi connectivity index (χ0) is 15.5. The van der Waals surface area contributed by atoms with Crippen molar-refractivity contribution < 1.29 is 0 Å². The Morgan fingerprint density at radius 2 is 1.61 bits per heavy atom. The number of hydrogen-bond donors (Lipinski definition) is 1. The lowest BCUT2D eigenvalue weighted by Crippen LogP contribution is -2.02. The van der Waals surface area contributed by atoms with Gasteiger partial charge in [0.05, 0.1) is 0 Å². The molecule has 0 spiro atoms. The second-order valence-electron chi connectivity index (χ2n) is 6.06. The minimum absolute atomic E-state index is 1.25. The van der Waals surface area contributed by atoms with Crippen molar-refractivity contribution in [3.8, 4) is 0 Å². The number of fused-ring (bicyclic) bond motifs is 5. The highest BCUT2D eigenvalue weighted by Gasteiger charge is 2.13. The van der Waals surface area contributed by atoms with Crippen LogP contribution in [-0.2, 0) is 12.8 Å². The summed E-state index contributed by atoms with van der Waals surface area (Å²) in [6.07, 6.45) is 8.67. The van der Waals surface area contributed by atoms with E-state index in [9.17, 15) is 0 Å². The Kier molecular flexibility index (Phi) is 3.81. The van der Waals surface area contributed by atoms with E-state index in [-0.39, 0.29) is 0 Å². The fraction of sp³-hybridized carbons (Fsp3) is 0.190. The first-order chi connectivity index (χ1) is 11.4. The maximum atomic E-state index is 3.60. The molecule has 3 aromatic carbocycles. The second kappa shape index (κ2) is 6.25. The summed E-state index contributed by atoms with van der Waals surface area (Å²) in [6.45, 7) is 0. The van der Waals surface area contributed by atoms with Crippen LogP contribution in [0.15, 0.2) is 67.0 Å². The molecule has 114 valence electrons. The van der Waals surface area contributed by atoms with Crippen LogP contribution in [0.5, 0.6) is 0 Å². The summed E-state index contributed by atoms with van der Waals surface area (Å²) in [7, 11) is 0. The first-order valence-electron chi connectivity index (χ1n) is 8.29. The van der Waals surface area contributed by atoms with Gasteiger partial charge in [-0.05, 0) is 64.4 Å². The van der Waals surface area contributed by atoms with Crippen molar-refractivity contribution in [1.82, 2.24) is 10.2 Å². The molecule has 23 heavy (non-hydrogen) atoms.